The number of benzene rings is 2. The fourth-order valence-electron chi connectivity index (χ4n) is 3.52. The molecule has 0 unspecified atom stereocenters. The Morgan fingerprint density at radius 1 is 1.21 bits per heavy atom. The van der Waals surface area contributed by atoms with Crippen LogP contribution in [0, 0.1) is 12.7 Å². The van der Waals surface area contributed by atoms with Crippen LogP contribution >= 0.6 is 11.6 Å². The molecule has 0 spiro atoms. The monoisotopic (exact) mass is 481 g/mol. The molecule has 0 atom stereocenters. The van der Waals surface area contributed by atoms with Gasteiger partial charge in [-0.3, -0.25) is 9.48 Å². The summed E-state index contributed by atoms with van der Waals surface area (Å²) in [5.41, 5.74) is 2.94. The number of ether oxygens (including phenoxy) is 1. The molecule has 0 aliphatic rings. The third kappa shape index (κ3) is 5.66. The molecule has 2 aromatic heterocycles. The number of aryl methyl sites for hydroxylation is 1. The van der Waals surface area contributed by atoms with Crippen LogP contribution in [0.5, 0.6) is 5.75 Å². The van der Waals surface area contributed by atoms with Crippen molar-refractivity contribution in [1.82, 2.24) is 9.78 Å². The van der Waals surface area contributed by atoms with E-state index in [0.29, 0.717) is 18.2 Å². The fourth-order valence-corrected chi connectivity index (χ4v) is 3.72. The Morgan fingerprint density at radius 2 is 2.03 bits per heavy atom. The van der Waals surface area contributed by atoms with Gasteiger partial charge in [-0.05, 0) is 59.9 Å². The van der Waals surface area contributed by atoms with Crippen LogP contribution in [0.3, 0.4) is 0 Å². The number of furan rings is 1. The summed E-state index contributed by atoms with van der Waals surface area (Å²) < 4.78 is 26.6. The van der Waals surface area contributed by atoms with Crippen LogP contribution in [0.4, 0.5) is 10.2 Å². The number of aromatic nitrogens is 2. The van der Waals surface area contributed by atoms with Crippen molar-refractivity contribution in [3.05, 3.63) is 99.8 Å². The lowest BCUT2D eigenvalue weighted by Gasteiger charge is -2.14. The number of hydrogen-bond acceptors (Lipinski definition) is 4. The number of nitrogens with zero attached hydrogens (tertiary/aromatic N) is 2. The molecule has 0 bridgehead atoms. The van der Waals surface area contributed by atoms with Crippen LogP contribution in [0.2, 0.25) is 5.02 Å². The highest BCUT2D eigenvalue weighted by molar-refractivity contribution is 6.33. The third-order valence-electron chi connectivity index (χ3n) is 5.23. The summed E-state index contributed by atoms with van der Waals surface area (Å²) in [4.78, 5) is 12.7. The topological polar surface area (TPSA) is 69.3 Å². The Kier molecular flexibility index (Phi) is 7.03. The van der Waals surface area contributed by atoms with Crippen molar-refractivity contribution in [2.75, 3.05) is 5.32 Å². The van der Waals surface area contributed by atoms with Crippen molar-refractivity contribution in [3.63, 3.8) is 0 Å². The lowest BCUT2D eigenvalue weighted by Crippen LogP contribution is -2.12. The normalized spacial score (nSPS) is 11.1. The van der Waals surface area contributed by atoms with Crippen molar-refractivity contribution in [2.45, 2.75) is 39.8 Å². The van der Waals surface area contributed by atoms with Gasteiger partial charge in [0.2, 0.25) is 0 Å². The predicted octanol–water partition coefficient (Wildman–Crippen LogP) is 6.58. The zero-order chi connectivity index (χ0) is 24.2. The molecule has 8 heteroatoms. The summed E-state index contributed by atoms with van der Waals surface area (Å²) in [6.07, 6.45) is 1.57. The zero-order valence-electron chi connectivity index (χ0n) is 19.1. The third-order valence-corrected chi connectivity index (χ3v) is 5.51. The van der Waals surface area contributed by atoms with E-state index >= 15 is 0 Å². The first-order valence-electron chi connectivity index (χ1n) is 10.9. The Labute approximate surface area is 202 Å². The molecular weight excluding hydrogens is 457 g/mol. The molecule has 6 nitrogen and oxygen atoms in total. The van der Waals surface area contributed by atoms with Gasteiger partial charge in [0.25, 0.3) is 5.91 Å². The molecule has 0 aliphatic heterocycles. The molecular formula is C26H25ClFN3O3. The zero-order valence-corrected chi connectivity index (χ0v) is 19.9. The molecule has 0 aliphatic carbocycles. The molecule has 1 N–H and O–H groups in total. The van der Waals surface area contributed by atoms with Crippen molar-refractivity contribution in [1.29, 1.82) is 0 Å². The van der Waals surface area contributed by atoms with E-state index in [2.05, 4.69) is 36.4 Å². The minimum absolute atomic E-state index is 0.114. The molecule has 176 valence electrons. The SMILES string of the molecule is Cc1ccc(C(C)C)c(OCc2ccc(C(=O)Nc3nn(Cc4cccc(F)c4)cc3Cl)o2)c1. The van der Waals surface area contributed by atoms with E-state index in [-0.39, 0.29) is 29.0 Å². The summed E-state index contributed by atoms with van der Waals surface area (Å²) in [6, 6.07) is 15.6. The largest absolute Gasteiger partial charge is 0.485 e. The van der Waals surface area contributed by atoms with Crippen molar-refractivity contribution in [2.24, 2.45) is 0 Å². The number of halogens is 2. The maximum Gasteiger partial charge on any atom is 0.292 e. The number of amides is 1. The lowest BCUT2D eigenvalue weighted by atomic mass is 10.0. The highest BCUT2D eigenvalue weighted by Crippen LogP contribution is 2.28. The Morgan fingerprint density at radius 3 is 2.79 bits per heavy atom. The van der Waals surface area contributed by atoms with Gasteiger partial charge in [0, 0.05) is 6.20 Å². The van der Waals surface area contributed by atoms with E-state index in [9.17, 15) is 9.18 Å². The first kappa shape index (κ1) is 23.6. The quantitative estimate of drug-likeness (QED) is 0.308. The fraction of sp³-hybridized carbons (Fsp3) is 0.231. The van der Waals surface area contributed by atoms with E-state index in [1.165, 1.54) is 16.8 Å². The number of rotatable bonds is 8. The van der Waals surface area contributed by atoms with Gasteiger partial charge in [0.15, 0.2) is 11.6 Å². The first-order valence-corrected chi connectivity index (χ1v) is 11.3. The summed E-state index contributed by atoms with van der Waals surface area (Å²) in [5.74, 6) is 1.13. The second kappa shape index (κ2) is 10.1. The minimum Gasteiger partial charge on any atom is -0.485 e. The number of anilines is 1. The molecule has 34 heavy (non-hydrogen) atoms. The molecule has 2 heterocycles. The smallest absolute Gasteiger partial charge is 0.292 e. The van der Waals surface area contributed by atoms with E-state index < -0.39 is 5.91 Å². The van der Waals surface area contributed by atoms with Crippen LogP contribution in [0.1, 0.15) is 52.8 Å². The molecule has 0 radical (unpaired) electrons. The number of carbonyl (C=O) groups is 1. The molecule has 0 saturated heterocycles. The summed E-state index contributed by atoms with van der Waals surface area (Å²) in [6.45, 7) is 6.73. The summed E-state index contributed by atoms with van der Waals surface area (Å²) >= 11 is 6.23. The van der Waals surface area contributed by atoms with Crippen LogP contribution in [0.15, 0.2) is 65.2 Å². The average molecular weight is 482 g/mol. The van der Waals surface area contributed by atoms with Crippen molar-refractivity contribution in [3.8, 4) is 5.75 Å². The van der Waals surface area contributed by atoms with Crippen LogP contribution < -0.4 is 10.1 Å². The van der Waals surface area contributed by atoms with Gasteiger partial charge in [-0.15, -0.1) is 0 Å². The maximum atomic E-state index is 13.4. The molecule has 0 fully saturated rings. The average Bonchev–Trinajstić information content (AvgIpc) is 3.39. The molecule has 4 aromatic rings. The van der Waals surface area contributed by atoms with Crippen LogP contribution in [-0.2, 0) is 13.2 Å². The second-order valence-electron chi connectivity index (χ2n) is 8.36. The van der Waals surface area contributed by atoms with Crippen molar-refractivity contribution < 1.29 is 18.3 Å². The van der Waals surface area contributed by atoms with Gasteiger partial charge < -0.3 is 14.5 Å². The highest BCUT2D eigenvalue weighted by atomic mass is 35.5. The van der Waals surface area contributed by atoms with Gasteiger partial charge in [-0.2, -0.15) is 5.10 Å². The van der Waals surface area contributed by atoms with Gasteiger partial charge in [0.1, 0.15) is 29.0 Å². The highest BCUT2D eigenvalue weighted by Gasteiger charge is 2.17. The van der Waals surface area contributed by atoms with Gasteiger partial charge in [-0.25, -0.2) is 4.39 Å². The summed E-state index contributed by atoms with van der Waals surface area (Å²) in [5, 5.41) is 7.20. The van der Waals surface area contributed by atoms with Crippen molar-refractivity contribution >= 4 is 23.3 Å². The van der Waals surface area contributed by atoms with E-state index in [1.54, 1.807) is 30.5 Å². The molecule has 2 aromatic carbocycles. The number of carbonyl (C=O) groups excluding carboxylic acids is 1. The molecule has 0 saturated carbocycles. The van der Waals surface area contributed by atoms with E-state index in [1.807, 2.05) is 13.0 Å². The standard InChI is InChI=1S/C26H25ClFN3O3/c1-16(2)21-9-7-17(3)11-24(21)33-15-20-8-10-23(34-20)26(32)29-25-22(27)14-31(30-25)13-18-5-4-6-19(28)12-18/h4-12,14,16H,13,15H2,1-3H3,(H,29,30,32). The number of nitrogens with one attached hydrogen (secondary N) is 1. The Bertz CT molecular complexity index is 1310. The molecule has 4 rings (SSSR count). The number of hydrogen-bond donors (Lipinski definition) is 1. The summed E-state index contributed by atoms with van der Waals surface area (Å²) in [7, 11) is 0. The van der Waals surface area contributed by atoms with Gasteiger partial charge in [-0.1, -0.05) is 49.7 Å². The Hall–Kier alpha value is -3.58. The van der Waals surface area contributed by atoms with Crippen LogP contribution in [-0.4, -0.2) is 15.7 Å². The van der Waals surface area contributed by atoms with Gasteiger partial charge >= 0.3 is 0 Å². The minimum atomic E-state index is -0.484. The first-order chi connectivity index (χ1) is 16.3. The predicted molar refractivity (Wildman–Crippen MR) is 129 cm³/mol. The Balaban J connectivity index is 1.39. The van der Waals surface area contributed by atoms with E-state index in [0.717, 1.165) is 22.4 Å². The lowest BCUT2D eigenvalue weighted by molar-refractivity contribution is 0.0992. The van der Waals surface area contributed by atoms with E-state index in [4.69, 9.17) is 20.8 Å². The molecule has 1 amide bonds. The maximum absolute atomic E-state index is 13.4. The van der Waals surface area contributed by atoms with Gasteiger partial charge in [0.05, 0.1) is 6.54 Å². The second-order valence-corrected chi connectivity index (χ2v) is 8.77. The van der Waals surface area contributed by atoms with Crippen LogP contribution in [0.25, 0.3) is 0 Å².